The maximum atomic E-state index is 13.9. The van der Waals surface area contributed by atoms with Gasteiger partial charge in [-0.1, -0.05) is 12.1 Å². The van der Waals surface area contributed by atoms with Gasteiger partial charge in [0.05, 0.1) is 6.04 Å². The molecular weight excluding hydrogens is 389 g/mol. The van der Waals surface area contributed by atoms with Crippen molar-refractivity contribution in [2.24, 2.45) is 0 Å². The highest BCUT2D eigenvalue weighted by Gasteiger charge is 2.31. The van der Waals surface area contributed by atoms with Crippen molar-refractivity contribution in [3.63, 3.8) is 0 Å². The molecule has 154 valence electrons. The average molecular weight is 416 g/mol. The van der Waals surface area contributed by atoms with Crippen LogP contribution in [-0.4, -0.2) is 65.8 Å². The van der Waals surface area contributed by atoms with E-state index in [2.05, 4.69) is 16.3 Å². The molecule has 1 saturated heterocycles. The van der Waals surface area contributed by atoms with Crippen LogP contribution in [0.4, 0.5) is 4.39 Å². The molecule has 0 saturated carbocycles. The Bertz CT molecular complexity index is 892. The number of amides is 2. The summed E-state index contributed by atoms with van der Waals surface area (Å²) in [5.41, 5.74) is 2.17. The van der Waals surface area contributed by atoms with Gasteiger partial charge in [-0.25, -0.2) is 4.39 Å². The van der Waals surface area contributed by atoms with Crippen molar-refractivity contribution in [2.75, 3.05) is 39.3 Å². The van der Waals surface area contributed by atoms with Crippen LogP contribution < -0.4 is 0 Å². The number of nitrogens with zero attached hydrogens (tertiary/aromatic N) is 3. The minimum Gasteiger partial charge on any atom is -0.339 e. The van der Waals surface area contributed by atoms with Crippen LogP contribution in [0.1, 0.15) is 35.4 Å². The number of hydrogen-bond acceptors (Lipinski definition) is 4. The largest absolute Gasteiger partial charge is 0.339 e. The highest BCUT2D eigenvalue weighted by Crippen LogP contribution is 2.37. The molecule has 1 aromatic heterocycles. The van der Waals surface area contributed by atoms with Crippen molar-refractivity contribution >= 4 is 23.2 Å². The lowest BCUT2D eigenvalue weighted by Crippen LogP contribution is -2.50. The van der Waals surface area contributed by atoms with Gasteiger partial charge >= 0.3 is 0 Å². The van der Waals surface area contributed by atoms with Gasteiger partial charge in [0.2, 0.25) is 11.8 Å². The lowest BCUT2D eigenvalue weighted by Gasteiger charge is -2.37. The quantitative estimate of drug-likeness (QED) is 0.771. The molecule has 0 N–H and O–H groups in total. The van der Waals surface area contributed by atoms with Crippen molar-refractivity contribution in [1.82, 2.24) is 14.7 Å². The summed E-state index contributed by atoms with van der Waals surface area (Å²) < 4.78 is 13.9. The normalized spacial score (nSPS) is 19.9. The van der Waals surface area contributed by atoms with E-state index in [0.29, 0.717) is 39.1 Å². The van der Waals surface area contributed by atoms with Crippen LogP contribution in [0.5, 0.6) is 0 Å². The third-order valence-electron chi connectivity index (χ3n) is 5.92. The zero-order chi connectivity index (χ0) is 20.4. The van der Waals surface area contributed by atoms with E-state index in [0.717, 1.165) is 18.5 Å². The first-order chi connectivity index (χ1) is 14.0. The number of fused-ring (bicyclic) bond motifs is 1. The van der Waals surface area contributed by atoms with Crippen molar-refractivity contribution < 1.29 is 14.0 Å². The van der Waals surface area contributed by atoms with E-state index in [1.807, 2.05) is 11.0 Å². The van der Waals surface area contributed by atoms with E-state index < -0.39 is 0 Å². The number of carbonyl (C=O) groups is 2. The fraction of sp³-hybridized carbons (Fsp3) is 0.455. The summed E-state index contributed by atoms with van der Waals surface area (Å²) in [6.45, 7) is 5.48. The predicted molar refractivity (Wildman–Crippen MR) is 111 cm³/mol. The van der Waals surface area contributed by atoms with E-state index in [1.54, 1.807) is 35.3 Å². The topological polar surface area (TPSA) is 43.9 Å². The minimum atomic E-state index is -0.232. The molecule has 29 heavy (non-hydrogen) atoms. The molecule has 1 aromatic carbocycles. The second-order valence-corrected chi connectivity index (χ2v) is 8.68. The van der Waals surface area contributed by atoms with Crippen molar-refractivity contribution in [2.45, 2.75) is 25.8 Å². The SMILES string of the molecule is CC(=O)N1CCN(C(=O)CCN2CCc3sccc3C2c2cccc(F)c2)CC1. The fourth-order valence-corrected chi connectivity index (χ4v) is 5.25. The highest BCUT2D eigenvalue weighted by atomic mass is 32.1. The summed E-state index contributed by atoms with van der Waals surface area (Å²) in [5.74, 6) is -0.0403. The summed E-state index contributed by atoms with van der Waals surface area (Å²) >= 11 is 1.75. The van der Waals surface area contributed by atoms with Crippen LogP contribution in [-0.2, 0) is 16.0 Å². The molecule has 3 heterocycles. The molecule has 1 atom stereocenters. The average Bonchev–Trinajstić information content (AvgIpc) is 3.20. The molecule has 2 amide bonds. The van der Waals surface area contributed by atoms with E-state index in [4.69, 9.17) is 0 Å². The lowest BCUT2D eigenvalue weighted by molar-refractivity contribution is -0.138. The maximum Gasteiger partial charge on any atom is 0.223 e. The third kappa shape index (κ3) is 4.36. The first kappa shape index (κ1) is 20.0. The van der Waals surface area contributed by atoms with Crippen LogP contribution in [0.25, 0.3) is 0 Å². The summed E-state index contributed by atoms with van der Waals surface area (Å²) in [6.07, 6.45) is 1.40. The smallest absolute Gasteiger partial charge is 0.223 e. The second kappa shape index (κ2) is 8.63. The molecule has 4 rings (SSSR count). The number of carbonyl (C=O) groups excluding carboxylic acids is 2. The van der Waals surface area contributed by atoms with Crippen LogP contribution in [0.2, 0.25) is 0 Å². The molecule has 2 aliphatic heterocycles. The first-order valence-electron chi connectivity index (χ1n) is 10.1. The Labute approximate surface area is 174 Å². The molecule has 0 spiro atoms. The number of piperazine rings is 1. The molecule has 0 aliphatic carbocycles. The fourth-order valence-electron chi connectivity index (χ4n) is 4.34. The molecule has 7 heteroatoms. The summed E-state index contributed by atoms with van der Waals surface area (Å²) in [6, 6.07) is 8.91. The van der Waals surface area contributed by atoms with Gasteiger partial charge in [-0.2, -0.15) is 0 Å². The zero-order valence-electron chi connectivity index (χ0n) is 16.6. The van der Waals surface area contributed by atoms with Gasteiger partial charge in [0.25, 0.3) is 0 Å². The summed E-state index contributed by atoms with van der Waals surface area (Å²) in [7, 11) is 0. The molecule has 0 radical (unpaired) electrons. The Morgan fingerprint density at radius 2 is 1.86 bits per heavy atom. The van der Waals surface area contributed by atoms with E-state index in [9.17, 15) is 14.0 Å². The van der Waals surface area contributed by atoms with Gasteiger partial charge in [-0.05, 0) is 41.1 Å². The number of benzene rings is 1. The molecule has 0 bridgehead atoms. The third-order valence-corrected chi connectivity index (χ3v) is 6.92. The Morgan fingerprint density at radius 1 is 1.10 bits per heavy atom. The van der Waals surface area contributed by atoms with E-state index in [-0.39, 0.29) is 23.7 Å². The maximum absolute atomic E-state index is 13.9. The minimum absolute atomic E-state index is 0.0111. The van der Waals surface area contributed by atoms with Gasteiger partial charge in [-0.15, -0.1) is 11.3 Å². The molecule has 1 unspecified atom stereocenters. The molecule has 2 aliphatic rings. The van der Waals surface area contributed by atoms with Crippen molar-refractivity contribution in [3.05, 3.63) is 57.5 Å². The molecule has 1 fully saturated rings. The Morgan fingerprint density at radius 3 is 2.59 bits per heavy atom. The van der Waals surface area contributed by atoms with E-state index >= 15 is 0 Å². The number of thiophene rings is 1. The Hall–Kier alpha value is -2.25. The summed E-state index contributed by atoms with van der Waals surface area (Å²) in [5, 5.41) is 2.10. The van der Waals surface area contributed by atoms with Crippen LogP contribution in [0, 0.1) is 5.82 Å². The molecular formula is C22H26FN3O2S. The predicted octanol–water partition coefficient (Wildman–Crippen LogP) is 2.92. The standard InChI is InChI=1S/C22H26FN3O2S/c1-16(27)24-10-12-25(13-11-24)21(28)6-9-26-8-5-20-19(7-14-29-20)22(26)17-3-2-4-18(23)15-17/h2-4,7,14-15,22H,5-6,8-13H2,1H3. The van der Waals surface area contributed by atoms with Crippen LogP contribution in [0.3, 0.4) is 0 Å². The van der Waals surface area contributed by atoms with Gasteiger partial charge < -0.3 is 9.80 Å². The van der Waals surface area contributed by atoms with Crippen molar-refractivity contribution in [1.29, 1.82) is 0 Å². The summed E-state index contributed by atoms with van der Waals surface area (Å²) in [4.78, 5) is 31.5. The first-order valence-corrected chi connectivity index (χ1v) is 11.0. The number of hydrogen-bond donors (Lipinski definition) is 0. The second-order valence-electron chi connectivity index (χ2n) is 7.68. The number of rotatable bonds is 4. The van der Waals surface area contributed by atoms with Gasteiger partial charge in [0, 0.05) is 57.5 Å². The Kier molecular flexibility index (Phi) is 5.96. The van der Waals surface area contributed by atoms with Crippen molar-refractivity contribution in [3.8, 4) is 0 Å². The Balaban J connectivity index is 1.43. The molecule has 5 nitrogen and oxygen atoms in total. The van der Waals surface area contributed by atoms with Gasteiger partial charge in [-0.3, -0.25) is 14.5 Å². The molecule has 2 aromatic rings. The lowest BCUT2D eigenvalue weighted by atomic mass is 9.93. The zero-order valence-corrected chi connectivity index (χ0v) is 17.5. The monoisotopic (exact) mass is 415 g/mol. The van der Waals surface area contributed by atoms with Crippen LogP contribution >= 0.6 is 11.3 Å². The van der Waals surface area contributed by atoms with Crippen LogP contribution in [0.15, 0.2) is 35.7 Å². The highest BCUT2D eigenvalue weighted by molar-refractivity contribution is 7.10. The van der Waals surface area contributed by atoms with E-state index in [1.165, 1.54) is 16.5 Å². The number of halogens is 1. The van der Waals surface area contributed by atoms with Gasteiger partial charge in [0.1, 0.15) is 5.82 Å². The van der Waals surface area contributed by atoms with Gasteiger partial charge in [0.15, 0.2) is 0 Å².